The fourth-order valence-corrected chi connectivity index (χ4v) is 11.6. The van der Waals surface area contributed by atoms with Gasteiger partial charge in [-0.1, -0.05) is 219 Å². The number of hydrogen-bond acceptors (Lipinski definition) is 3. The highest BCUT2D eigenvalue weighted by Gasteiger charge is 2.22. The van der Waals surface area contributed by atoms with E-state index in [1.165, 1.54) is 16.7 Å². The molecule has 3 aromatic heterocycles. The molecule has 0 aliphatic heterocycles. The second-order valence-corrected chi connectivity index (χ2v) is 25.1. The van der Waals surface area contributed by atoms with Crippen molar-refractivity contribution in [3.05, 3.63) is 231 Å². The molecule has 6 heteroatoms. The molecule has 10 rings (SSSR count). The van der Waals surface area contributed by atoms with Gasteiger partial charge >= 0.3 is 0 Å². The summed E-state index contributed by atoms with van der Waals surface area (Å²) in [6.07, 6.45) is 5.76. The largest absolute Gasteiger partial charge is 0.256 e. The van der Waals surface area contributed by atoms with E-state index in [2.05, 4.69) is 292 Å². The van der Waals surface area contributed by atoms with Crippen LogP contribution in [-0.2, 0) is 16.2 Å². The van der Waals surface area contributed by atoms with Gasteiger partial charge in [-0.05, 0) is 172 Å². The van der Waals surface area contributed by atoms with Crippen LogP contribution in [-0.4, -0.2) is 15.0 Å². The molecular weight excluding hydrogens is 1110 g/mol. The third-order valence-corrected chi connectivity index (χ3v) is 16.2. The van der Waals surface area contributed by atoms with Crippen molar-refractivity contribution in [2.45, 2.75) is 78.6 Å². The van der Waals surface area contributed by atoms with Crippen molar-refractivity contribution < 1.29 is 0 Å². The van der Waals surface area contributed by atoms with Crippen LogP contribution in [0.3, 0.4) is 0 Å². The van der Waals surface area contributed by atoms with E-state index in [-0.39, 0.29) is 16.2 Å². The van der Waals surface area contributed by atoms with Crippen LogP contribution in [0.1, 0.15) is 79.0 Å². The molecule has 0 N–H and O–H groups in total. The number of pyridine rings is 3. The van der Waals surface area contributed by atoms with E-state index in [1.54, 1.807) is 0 Å². The lowest BCUT2D eigenvalue weighted by atomic mass is 9.85. The Bertz CT molecular complexity index is 3370. The Morgan fingerprint density at radius 3 is 0.747 bits per heavy atom. The van der Waals surface area contributed by atoms with Crippen LogP contribution in [0.25, 0.3) is 101 Å². The van der Waals surface area contributed by atoms with Crippen molar-refractivity contribution in [3.63, 3.8) is 0 Å². The minimum Gasteiger partial charge on any atom is -0.256 e. The van der Waals surface area contributed by atoms with Crippen molar-refractivity contribution in [2.75, 3.05) is 0 Å². The monoisotopic (exact) mass is 1170 g/mol. The number of nitrogens with zero attached hydrogens (tertiary/aromatic N) is 3. The fraction of sp³-hybridized carbons (Fsp3) is 0.174. The molecule has 75 heavy (non-hydrogen) atoms. The first-order chi connectivity index (χ1) is 35.8. The Hall–Kier alpha value is -6.57. The van der Waals surface area contributed by atoms with E-state index in [9.17, 15) is 0 Å². The zero-order valence-electron chi connectivity index (χ0n) is 44.0. The molecule has 0 amide bonds. The Labute approximate surface area is 469 Å². The third kappa shape index (κ3) is 11.1. The van der Waals surface area contributed by atoms with E-state index < -0.39 is 0 Å². The molecule has 0 saturated heterocycles. The molecule has 0 aliphatic rings. The minimum atomic E-state index is 0.0120. The molecular formula is C69H60Br3N3. The molecule has 0 fully saturated rings. The molecule has 3 heterocycles. The van der Waals surface area contributed by atoms with Crippen LogP contribution in [0.4, 0.5) is 0 Å². The summed E-state index contributed by atoms with van der Waals surface area (Å²) in [5.74, 6) is 0. The summed E-state index contributed by atoms with van der Waals surface area (Å²) >= 11 is 12.2. The molecule has 0 radical (unpaired) electrons. The summed E-state index contributed by atoms with van der Waals surface area (Å²) in [6.45, 7) is 20.2. The summed E-state index contributed by atoms with van der Waals surface area (Å²) in [5.41, 5.74) is 23.3. The lowest BCUT2D eigenvalue weighted by Crippen LogP contribution is -2.11. The van der Waals surface area contributed by atoms with Gasteiger partial charge in [-0.2, -0.15) is 0 Å². The van der Waals surface area contributed by atoms with Crippen LogP contribution in [0.15, 0.2) is 214 Å². The van der Waals surface area contributed by atoms with Gasteiger partial charge in [0.2, 0.25) is 0 Å². The SMILES string of the molecule is CC(C)(C)c1ccnc(-c2ccc(-c3ccccc3-c3cc(-c4ccccc4-c4ccc(-c5cc(C(C)(C)C)ccn5)cc4Br)cc(-c4ccccc4-c4ccc(-c5cc(C(C)(C)C)ccn5)cc4Br)c3)c(Br)c2)c1. The van der Waals surface area contributed by atoms with Gasteiger partial charge < -0.3 is 0 Å². The third-order valence-electron chi connectivity index (χ3n) is 14.2. The Balaban J connectivity index is 1.13. The van der Waals surface area contributed by atoms with Crippen LogP contribution < -0.4 is 0 Å². The average molecular weight is 1170 g/mol. The summed E-state index contributed by atoms with van der Waals surface area (Å²) in [6, 6.07) is 66.2. The Morgan fingerprint density at radius 1 is 0.253 bits per heavy atom. The first-order valence-corrected chi connectivity index (χ1v) is 27.9. The lowest BCUT2D eigenvalue weighted by molar-refractivity contribution is 0.589. The number of benzene rings is 7. The predicted molar refractivity (Wildman–Crippen MR) is 328 cm³/mol. The van der Waals surface area contributed by atoms with Crippen molar-refractivity contribution in [1.82, 2.24) is 15.0 Å². The van der Waals surface area contributed by atoms with E-state index in [0.717, 1.165) is 114 Å². The topological polar surface area (TPSA) is 38.7 Å². The molecule has 10 aromatic rings. The molecule has 0 atom stereocenters. The van der Waals surface area contributed by atoms with Crippen molar-refractivity contribution in [3.8, 4) is 101 Å². The van der Waals surface area contributed by atoms with Gasteiger partial charge in [0.25, 0.3) is 0 Å². The molecule has 7 aromatic carbocycles. The van der Waals surface area contributed by atoms with Gasteiger partial charge in [-0.3, -0.25) is 15.0 Å². The highest BCUT2D eigenvalue weighted by atomic mass is 79.9. The van der Waals surface area contributed by atoms with Crippen molar-refractivity contribution in [1.29, 1.82) is 0 Å². The summed E-state index contributed by atoms with van der Waals surface area (Å²) < 4.78 is 3.01. The Kier molecular flexibility index (Phi) is 14.4. The van der Waals surface area contributed by atoms with Crippen molar-refractivity contribution >= 4 is 47.8 Å². The maximum absolute atomic E-state index is 4.80. The summed E-state index contributed by atoms with van der Waals surface area (Å²) in [7, 11) is 0. The first-order valence-electron chi connectivity index (χ1n) is 25.5. The summed E-state index contributed by atoms with van der Waals surface area (Å²) in [4.78, 5) is 14.4. The maximum atomic E-state index is 4.80. The second kappa shape index (κ2) is 20.9. The van der Waals surface area contributed by atoms with Crippen molar-refractivity contribution in [2.24, 2.45) is 0 Å². The van der Waals surface area contributed by atoms with E-state index in [4.69, 9.17) is 15.0 Å². The molecule has 0 bridgehead atoms. The van der Waals surface area contributed by atoms with Gasteiger partial charge in [0, 0.05) is 48.7 Å². The number of rotatable bonds is 9. The van der Waals surface area contributed by atoms with Crippen LogP contribution in [0.5, 0.6) is 0 Å². The molecule has 0 spiro atoms. The number of aromatic nitrogens is 3. The van der Waals surface area contributed by atoms with Gasteiger partial charge in [-0.15, -0.1) is 0 Å². The Morgan fingerprint density at radius 2 is 0.507 bits per heavy atom. The fourth-order valence-electron chi connectivity index (χ4n) is 9.85. The molecule has 372 valence electrons. The molecule has 0 aliphatic carbocycles. The lowest BCUT2D eigenvalue weighted by Gasteiger charge is -2.20. The molecule has 0 unspecified atom stereocenters. The van der Waals surface area contributed by atoms with E-state index >= 15 is 0 Å². The average Bonchev–Trinajstić information content (AvgIpc) is 3.40. The predicted octanol–water partition coefficient (Wildman–Crippen LogP) is 21.1. The zero-order valence-corrected chi connectivity index (χ0v) is 48.8. The first kappa shape index (κ1) is 51.9. The normalized spacial score (nSPS) is 12.0. The maximum Gasteiger partial charge on any atom is 0.0705 e. The standard InChI is InChI=1S/C69H60Br3N3/c1-67(2,3)49-28-31-73-64(40-49)43-22-25-58(61(70)37-43)55-19-13-10-16-52(55)46-34-47(53-17-11-14-20-56(53)59-26-23-44(38-62(59)71)65-41-50(29-32-74-65)68(4,5)6)36-48(35-46)54-18-12-15-21-57(54)60-27-24-45(39-63(60)72)66-42-51(30-33-75-66)69(7,8)9/h10-42H,1-9H3. The quantitative estimate of drug-likeness (QED) is 0.145. The van der Waals surface area contributed by atoms with Gasteiger partial charge in [0.1, 0.15) is 0 Å². The van der Waals surface area contributed by atoms with E-state index in [0.29, 0.717) is 0 Å². The molecule has 0 saturated carbocycles. The van der Waals surface area contributed by atoms with Gasteiger partial charge in [0.05, 0.1) is 17.1 Å². The molecule has 3 nitrogen and oxygen atoms in total. The summed E-state index contributed by atoms with van der Waals surface area (Å²) in [5, 5.41) is 0. The van der Waals surface area contributed by atoms with Crippen LogP contribution >= 0.6 is 47.8 Å². The highest BCUT2D eigenvalue weighted by molar-refractivity contribution is 9.11. The van der Waals surface area contributed by atoms with E-state index in [1.807, 2.05) is 18.6 Å². The minimum absolute atomic E-state index is 0.0120. The van der Waals surface area contributed by atoms with Crippen LogP contribution in [0.2, 0.25) is 0 Å². The zero-order chi connectivity index (χ0) is 52.8. The van der Waals surface area contributed by atoms with Gasteiger partial charge in [-0.25, -0.2) is 0 Å². The van der Waals surface area contributed by atoms with Crippen LogP contribution in [0, 0.1) is 0 Å². The number of hydrogen-bond donors (Lipinski definition) is 0. The highest BCUT2D eigenvalue weighted by Crippen LogP contribution is 2.46. The number of halogens is 3. The second-order valence-electron chi connectivity index (χ2n) is 22.6. The van der Waals surface area contributed by atoms with Gasteiger partial charge in [0.15, 0.2) is 0 Å². The smallest absolute Gasteiger partial charge is 0.0705 e.